The minimum atomic E-state index is -1.07. The molecule has 64 valence electrons. The highest BCUT2D eigenvalue weighted by Gasteiger charge is 2.11. The maximum absolute atomic E-state index is 10.6. The van der Waals surface area contributed by atoms with Crippen LogP contribution < -0.4 is 0 Å². The average molecular weight is 187 g/mol. The molecule has 0 aliphatic heterocycles. The normalized spacial score (nSPS) is 9.83. The van der Waals surface area contributed by atoms with Gasteiger partial charge in [0.2, 0.25) is 5.28 Å². The first kappa shape index (κ1) is 8.93. The van der Waals surface area contributed by atoms with E-state index in [1.54, 1.807) is 0 Å². The lowest BCUT2D eigenvalue weighted by molar-refractivity contribution is 0.0689. The van der Waals surface area contributed by atoms with Gasteiger partial charge >= 0.3 is 5.97 Å². The Morgan fingerprint density at radius 3 is 2.92 bits per heavy atom. The van der Waals surface area contributed by atoms with Gasteiger partial charge < -0.3 is 5.11 Å². The molecule has 0 radical (unpaired) electrons. The number of aromatic nitrogens is 2. The quantitative estimate of drug-likeness (QED) is 0.709. The van der Waals surface area contributed by atoms with Gasteiger partial charge in [-0.2, -0.15) is 0 Å². The van der Waals surface area contributed by atoms with Gasteiger partial charge in [0.25, 0.3) is 0 Å². The molecule has 1 aromatic heterocycles. The van der Waals surface area contributed by atoms with Crippen molar-refractivity contribution in [2.45, 2.75) is 13.3 Å². The summed E-state index contributed by atoms with van der Waals surface area (Å²) in [5.74, 6) is -1.07. The predicted octanol–water partition coefficient (Wildman–Crippen LogP) is 1.39. The standard InChI is InChI=1S/C7H7ClN2O2/c1-2-4-3-9-7(8)10-5(4)6(11)12/h3H,2H2,1H3,(H,11,12). The van der Waals surface area contributed by atoms with E-state index in [2.05, 4.69) is 9.97 Å². The summed E-state index contributed by atoms with van der Waals surface area (Å²) in [6.45, 7) is 1.83. The van der Waals surface area contributed by atoms with Gasteiger partial charge in [0, 0.05) is 11.8 Å². The van der Waals surface area contributed by atoms with Crippen molar-refractivity contribution in [1.29, 1.82) is 0 Å². The van der Waals surface area contributed by atoms with Gasteiger partial charge in [-0.25, -0.2) is 14.8 Å². The van der Waals surface area contributed by atoms with Crippen LogP contribution in [0.1, 0.15) is 23.0 Å². The van der Waals surface area contributed by atoms with Crippen LogP contribution in [-0.2, 0) is 6.42 Å². The van der Waals surface area contributed by atoms with Crippen molar-refractivity contribution < 1.29 is 9.90 Å². The molecule has 0 aliphatic carbocycles. The van der Waals surface area contributed by atoms with Crippen LogP contribution in [0, 0.1) is 0 Å². The molecule has 0 unspecified atom stereocenters. The first-order valence-electron chi connectivity index (χ1n) is 3.40. The Hall–Kier alpha value is -1.16. The second kappa shape index (κ2) is 3.49. The van der Waals surface area contributed by atoms with E-state index in [1.807, 2.05) is 6.92 Å². The van der Waals surface area contributed by atoms with Crippen molar-refractivity contribution in [1.82, 2.24) is 9.97 Å². The lowest BCUT2D eigenvalue weighted by Gasteiger charge is -2.00. The molecule has 0 amide bonds. The second-order valence-corrected chi connectivity index (χ2v) is 2.51. The maximum Gasteiger partial charge on any atom is 0.354 e. The molecule has 1 rings (SSSR count). The molecule has 5 heteroatoms. The average Bonchev–Trinajstić information content (AvgIpc) is 2.04. The summed E-state index contributed by atoms with van der Waals surface area (Å²) >= 11 is 5.43. The zero-order valence-electron chi connectivity index (χ0n) is 6.41. The highest BCUT2D eigenvalue weighted by molar-refractivity contribution is 6.28. The molecule has 4 nitrogen and oxygen atoms in total. The highest BCUT2D eigenvalue weighted by atomic mass is 35.5. The number of nitrogens with zero attached hydrogens (tertiary/aromatic N) is 2. The molecule has 0 saturated carbocycles. The number of halogens is 1. The minimum Gasteiger partial charge on any atom is -0.476 e. The minimum absolute atomic E-state index is 0.0162. The molecule has 1 heterocycles. The van der Waals surface area contributed by atoms with E-state index in [-0.39, 0.29) is 11.0 Å². The van der Waals surface area contributed by atoms with Crippen molar-refractivity contribution in [2.75, 3.05) is 0 Å². The van der Waals surface area contributed by atoms with E-state index >= 15 is 0 Å². The fourth-order valence-electron chi connectivity index (χ4n) is 0.829. The number of carbonyl (C=O) groups is 1. The Morgan fingerprint density at radius 2 is 2.42 bits per heavy atom. The SMILES string of the molecule is CCc1cnc(Cl)nc1C(=O)O. The second-order valence-electron chi connectivity index (χ2n) is 2.17. The van der Waals surface area contributed by atoms with Crippen molar-refractivity contribution in [3.8, 4) is 0 Å². The Kier molecular flexibility index (Phi) is 2.60. The molecule has 0 bridgehead atoms. The van der Waals surface area contributed by atoms with Crippen LogP contribution in [0.5, 0.6) is 0 Å². The summed E-state index contributed by atoms with van der Waals surface area (Å²) in [6.07, 6.45) is 2.01. The highest BCUT2D eigenvalue weighted by Crippen LogP contribution is 2.08. The van der Waals surface area contributed by atoms with Crippen LogP contribution in [0.3, 0.4) is 0 Å². The molecule has 0 aliphatic rings. The first-order valence-corrected chi connectivity index (χ1v) is 3.77. The molecular weight excluding hydrogens is 180 g/mol. The van der Waals surface area contributed by atoms with E-state index in [9.17, 15) is 4.79 Å². The summed E-state index contributed by atoms with van der Waals surface area (Å²) < 4.78 is 0. The first-order chi connectivity index (χ1) is 5.65. The molecule has 1 N–H and O–H groups in total. The molecule has 0 atom stereocenters. The van der Waals surface area contributed by atoms with Crippen molar-refractivity contribution >= 4 is 17.6 Å². The van der Waals surface area contributed by atoms with Gasteiger partial charge in [-0.1, -0.05) is 6.92 Å². The maximum atomic E-state index is 10.6. The zero-order valence-corrected chi connectivity index (χ0v) is 7.17. The Bertz CT molecular complexity index is 314. The van der Waals surface area contributed by atoms with E-state index in [0.29, 0.717) is 12.0 Å². The van der Waals surface area contributed by atoms with E-state index in [0.717, 1.165) is 0 Å². The van der Waals surface area contributed by atoms with Crippen LogP contribution in [0.15, 0.2) is 6.20 Å². The predicted molar refractivity (Wildman–Crippen MR) is 43.4 cm³/mol. The Morgan fingerprint density at radius 1 is 1.75 bits per heavy atom. The number of aryl methyl sites for hydroxylation is 1. The number of carboxylic acid groups (broad SMARTS) is 1. The van der Waals surface area contributed by atoms with Crippen molar-refractivity contribution in [2.24, 2.45) is 0 Å². The number of hydrogen-bond acceptors (Lipinski definition) is 3. The van der Waals surface area contributed by atoms with Gasteiger partial charge in [-0.05, 0) is 18.0 Å². The van der Waals surface area contributed by atoms with Crippen molar-refractivity contribution in [3.05, 3.63) is 22.7 Å². The number of hydrogen-bond donors (Lipinski definition) is 1. The van der Waals surface area contributed by atoms with Crippen LogP contribution in [-0.4, -0.2) is 21.0 Å². The molecule has 0 saturated heterocycles. The third kappa shape index (κ3) is 1.71. The van der Waals surface area contributed by atoms with E-state index in [1.165, 1.54) is 6.20 Å². The van der Waals surface area contributed by atoms with Gasteiger partial charge in [0.15, 0.2) is 5.69 Å². The van der Waals surface area contributed by atoms with Crippen molar-refractivity contribution in [3.63, 3.8) is 0 Å². The zero-order chi connectivity index (χ0) is 9.14. The Labute approximate surface area is 74.2 Å². The topological polar surface area (TPSA) is 63.1 Å². The molecule has 12 heavy (non-hydrogen) atoms. The smallest absolute Gasteiger partial charge is 0.354 e. The van der Waals surface area contributed by atoms with Crippen LogP contribution >= 0.6 is 11.6 Å². The fraction of sp³-hybridized carbons (Fsp3) is 0.286. The summed E-state index contributed by atoms with van der Waals surface area (Å²) in [5, 5.41) is 8.63. The van der Waals surface area contributed by atoms with Crippen LogP contribution in [0.25, 0.3) is 0 Å². The monoisotopic (exact) mass is 186 g/mol. The summed E-state index contributed by atoms with van der Waals surface area (Å²) in [6, 6.07) is 0. The van der Waals surface area contributed by atoms with Gasteiger partial charge in [0.1, 0.15) is 0 Å². The Balaban J connectivity index is 3.21. The third-order valence-corrected chi connectivity index (χ3v) is 1.60. The largest absolute Gasteiger partial charge is 0.476 e. The third-order valence-electron chi connectivity index (χ3n) is 1.42. The number of aromatic carboxylic acids is 1. The lowest BCUT2D eigenvalue weighted by Crippen LogP contribution is -2.06. The van der Waals surface area contributed by atoms with Crippen LogP contribution in [0.2, 0.25) is 5.28 Å². The molecular formula is C7H7ClN2O2. The fourth-order valence-corrected chi connectivity index (χ4v) is 0.962. The summed E-state index contributed by atoms with van der Waals surface area (Å²) in [5.41, 5.74) is 0.574. The number of rotatable bonds is 2. The lowest BCUT2D eigenvalue weighted by atomic mass is 10.2. The van der Waals surface area contributed by atoms with Crippen LogP contribution in [0.4, 0.5) is 0 Å². The summed E-state index contributed by atoms with van der Waals surface area (Å²) in [4.78, 5) is 17.9. The van der Waals surface area contributed by atoms with Gasteiger partial charge in [-0.15, -0.1) is 0 Å². The van der Waals surface area contributed by atoms with E-state index in [4.69, 9.17) is 16.7 Å². The number of carboxylic acids is 1. The van der Waals surface area contributed by atoms with Gasteiger partial charge in [0.05, 0.1) is 0 Å². The molecule has 0 spiro atoms. The molecule has 0 aromatic carbocycles. The summed E-state index contributed by atoms with van der Waals surface area (Å²) in [7, 11) is 0. The molecule has 1 aromatic rings. The van der Waals surface area contributed by atoms with E-state index < -0.39 is 5.97 Å². The van der Waals surface area contributed by atoms with Gasteiger partial charge in [-0.3, -0.25) is 0 Å². The molecule has 0 fully saturated rings.